The third-order valence-corrected chi connectivity index (χ3v) is 7.75. The normalized spacial score (nSPS) is 18.5. The van der Waals surface area contributed by atoms with Crippen molar-refractivity contribution in [1.29, 1.82) is 0 Å². The van der Waals surface area contributed by atoms with Crippen LogP contribution in [0.3, 0.4) is 0 Å². The van der Waals surface area contributed by atoms with Crippen LogP contribution in [0.2, 0.25) is 0 Å². The molecule has 1 fully saturated rings. The second-order valence-electron chi connectivity index (χ2n) is 5.58. The van der Waals surface area contributed by atoms with E-state index >= 15 is 0 Å². The van der Waals surface area contributed by atoms with Gasteiger partial charge in [0.25, 0.3) is 0 Å². The van der Waals surface area contributed by atoms with Gasteiger partial charge in [0.2, 0.25) is 0 Å². The van der Waals surface area contributed by atoms with Crippen molar-refractivity contribution in [2.75, 3.05) is 17.3 Å². The van der Waals surface area contributed by atoms with Gasteiger partial charge in [0, 0.05) is 0 Å². The molecule has 0 aromatic heterocycles. The predicted molar refractivity (Wildman–Crippen MR) is 71.5 cm³/mol. The fourth-order valence-electron chi connectivity index (χ4n) is 1.89. The Bertz CT molecular complexity index is 540. The minimum Gasteiger partial charge on any atom is -0.481 e. The average Bonchev–Trinajstić information content (AvgIpc) is 2.92. The lowest BCUT2D eigenvalue weighted by molar-refractivity contribution is -0.138. The first kappa shape index (κ1) is 16.4. The molecule has 0 saturated heterocycles. The molecule has 0 unspecified atom stereocenters. The Morgan fingerprint density at radius 1 is 1.16 bits per heavy atom. The van der Waals surface area contributed by atoms with Crippen molar-refractivity contribution in [3.05, 3.63) is 0 Å². The second kappa shape index (κ2) is 5.40. The fourth-order valence-corrected chi connectivity index (χ4v) is 5.77. The van der Waals surface area contributed by atoms with E-state index in [9.17, 15) is 21.6 Å². The Balaban J connectivity index is 2.61. The highest BCUT2D eigenvalue weighted by Crippen LogP contribution is 2.49. The van der Waals surface area contributed by atoms with Crippen LogP contribution in [0.25, 0.3) is 0 Å². The first-order valence-corrected chi connectivity index (χ1v) is 9.66. The minimum atomic E-state index is -3.53. The summed E-state index contributed by atoms with van der Waals surface area (Å²) in [4.78, 5) is 10.7. The lowest BCUT2D eigenvalue weighted by Gasteiger charge is -2.13. The molecule has 0 amide bonds. The zero-order valence-corrected chi connectivity index (χ0v) is 12.8. The van der Waals surface area contributed by atoms with Gasteiger partial charge in [-0.25, -0.2) is 16.8 Å². The van der Waals surface area contributed by atoms with Crippen LogP contribution in [0.5, 0.6) is 0 Å². The van der Waals surface area contributed by atoms with Gasteiger partial charge in [-0.2, -0.15) is 0 Å². The average molecular weight is 312 g/mol. The first-order valence-electron chi connectivity index (χ1n) is 6.12. The van der Waals surface area contributed by atoms with E-state index in [0.717, 1.165) is 0 Å². The number of carbonyl (C=O) groups is 1. The molecular formula is C11H20O6S2. The van der Waals surface area contributed by atoms with Crippen molar-refractivity contribution in [3.8, 4) is 0 Å². The van der Waals surface area contributed by atoms with Crippen molar-refractivity contribution < 1.29 is 26.7 Å². The van der Waals surface area contributed by atoms with Crippen molar-refractivity contribution in [2.24, 2.45) is 5.41 Å². The molecule has 0 atom stereocenters. The highest BCUT2D eigenvalue weighted by molar-refractivity contribution is 7.95. The lowest BCUT2D eigenvalue weighted by atomic mass is 10.1. The molecule has 1 aliphatic rings. The molecule has 0 radical (unpaired) electrons. The topological polar surface area (TPSA) is 106 Å². The largest absolute Gasteiger partial charge is 0.481 e. The van der Waals surface area contributed by atoms with Gasteiger partial charge in [-0.1, -0.05) is 0 Å². The molecule has 6 nitrogen and oxygen atoms in total. The molecule has 112 valence electrons. The van der Waals surface area contributed by atoms with Crippen LogP contribution in [-0.4, -0.2) is 50.4 Å². The zero-order chi connectivity index (χ0) is 14.9. The summed E-state index contributed by atoms with van der Waals surface area (Å²) >= 11 is 0. The van der Waals surface area contributed by atoms with Crippen LogP contribution < -0.4 is 0 Å². The highest BCUT2D eigenvalue weighted by Gasteiger charge is 2.47. The summed E-state index contributed by atoms with van der Waals surface area (Å²) in [6.45, 7) is 3.02. The number of sulfone groups is 2. The van der Waals surface area contributed by atoms with Crippen molar-refractivity contribution >= 4 is 25.6 Å². The Labute approximate surface area is 114 Å². The van der Waals surface area contributed by atoms with Crippen LogP contribution in [0, 0.1) is 5.41 Å². The van der Waals surface area contributed by atoms with Gasteiger partial charge < -0.3 is 5.11 Å². The summed E-state index contributed by atoms with van der Waals surface area (Å²) in [5.74, 6) is -2.05. The second-order valence-corrected chi connectivity index (χ2v) is 10.4. The molecule has 0 heterocycles. The maximum atomic E-state index is 11.9. The Hall–Kier alpha value is -0.630. The maximum Gasteiger partial charge on any atom is 0.303 e. The van der Waals surface area contributed by atoms with E-state index in [4.69, 9.17) is 5.11 Å². The molecule has 1 rings (SSSR count). The molecular weight excluding hydrogens is 292 g/mol. The Kier molecular flexibility index (Phi) is 4.66. The van der Waals surface area contributed by atoms with Crippen LogP contribution in [0.1, 0.15) is 33.1 Å². The highest BCUT2D eigenvalue weighted by atomic mass is 32.2. The first-order chi connectivity index (χ1) is 8.48. The predicted octanol–water partition coefficient (Wildman–Crippen LogP) is 0.479. The monoisotopic (exact) mass is 312 g/mol. The van der Waals surface area contributed by atoms with E-state index in [1.165, 1.54) is 13.8 Å². The summed E-state index contributed by atoms with van der Waals surface area (Å²) < 4.78 is 46.9. The van der Waals surface area contributed by atoms with Crippen LogP contribution in [0.15, 0.2) is 0 Å². The zero-order valence-electron chi connectivity index (χ0n) is 11.1. The van der Waals surface area contributed by atoms with Gasteiger partial charge in [0.05, 0.1) is 28.9 Å². The fraction of sp³-hybridized carbons (Fsp3) is 0.909. The van der Waals surface area contributed by atoms with E-state index in [2.05, 4.69) is 0 Å². The number of carboxylic acids is 1. The van der Waals surface area contributed by atoms with E-state index < -0.39 is 47.8 Å². The number of hydrogen-bond donors (Lipinski definition) is 1. The molecule has 1 saturated carbocycles. The molecule has 19 heavy (non-hydrogen) atoms. The number of hydrogen-bond acceptors (Lipinski definition) is 5. The minimum absolute atomic E-state index is 0.164. The molecule has 0 aliphatic heterocycles. The van der Waals surface area contributed by atoms with Crippen LogP contribution >= 0.6 is 0 Å². The smallest absolute Gasteiger partial charge is 0.303 e. The van der Waals surface area contributed by atoms with Crippen molar-refractivity contribution in [2.45, 2.75) is 38.4 Å². The summed E-state index contributed by atoms with van der Waals surface area (Å²) in [6, 6.07) is 0. The molecule has 1 aliphatic carbocycles. The van der Waals surface area contributed by atoms with Gasteiger partial charge in [0.15, 0.2) is 19.7 Å². The molecule has 0 bridgehead atoms. The Morgan fingerprint density at radius 3 is 2.05 bits per heavy atom. The summed E-state index contributed by atoms with van der Waals surface area (Å²) in [6.07, 6.45) is 0.994. The lowest BCUT2D eigenvalue weighted by Crippen LogP contribution is -2.28. The van der Waals surface area contributed by atoms with Crippen LogP contribution in [0.4, 0.5) is 0 Å². The van der Waals surface area contributed by atoms with Crippen molar-refractivity contribution in [1.82, 2.24) is 0 Å². The van der Waals surface area contributed by atoms with Gasteiger partial charge >= 0.3 is 5.97 Å². The molecule has 1 N–H and O–H groups in total. The standard InChI is InChI=1S/C11H20O6S2/c1-9(2)19(16,17)6-5-18(14,15)8-11(3-4-11)7-10(12)13/h9H,3-8H2,1-2H3,(H,12,13). The van der Waals surface area contributed by atoms with E-state index in [-0.39, 0.29) is 12.2 Å². The molecule has 8 heteroatoms. The number of carboxylic acid groups (broad SMARTS) is 1. The SMILES string of the molecule is CC(C)S(=O)(=O)CCS(=O)(=O)CC1(CC(=O)O)CC1. The van der Waals surface area contributed by atoms with E-state index in [0.29, 0.717) is 12.8 Å². The van der Waals surface area contributed by atoms with Gasteiger partial charge in [0.1, 0.15) is 0 Å². The van der Waals surface area contributed by atoms with Gasteiger partial charge in [-0.15, -0.1) is 0 Å². The van der Waals surface area contributed by atoms with Crippen molar-refractivity contribution in [3.63, 3.8) is 0 Å². The number of aliphatic carboxylic acids is 1. The van der Waals surface area contributed by atoms with Gasteiger partial charge in [-0.05, 0) is 32.1 Å². The van der Waals surface area contributed by atoms with E-state index in [1.807, 2.05) is 0 Å². The quantitative estimate of drug-likeness (QED) is 0.699. The summed E-state index contributed by atoms with van der Waals surface area (Å²) in [5, 5.41) is 8.13. The molecule has 0 aromatic rings. The maximum absolute atomic E-state index is 11.9. The third-order valence-electron chi connectivity index (χ3n) is 3.41. The third kappa shape index (κ3) is 5.10. The molecule has 0 spiro atoms. The summed E-state index contributed by atoms with van der Waals surface area (Å²) in [7, 11) is -6.92. The Morgan fingerprint density at radius 2 is 1.68 bits per heavy atom. The van der Waals surface area contributed by atoms with Crippen LogP contribution in [-0.2, 0) is 24.5 Å². The molecule has 0 aromatic carbocycles. The number of rotatable bonds is 8. The van der Waals surface area contributed by atoms with Gasteiger partial charge in [-0.3, -0.25) is 4.79 Å². The summed E-state index contributed by atoms with van der Waals surface area (Å²) in [5.41, 5.74) is -0.660. The van der Waals surface area contributed by atoms with E-state index in [1.54, 1.807) is 0 Å².